The highest BCUT2D eigenvalue weighted by atomic mass is 16.5. The van der Waals surface area contributed by atoms with Crippen molar-refractivity contribution in [2.45, 2.75) is 13.0 Å². The smallest absolute Gasteiger partial charge is 0.309 e. The number of carbonyl (C=O) groups is 1. The van der Waals surface area contributed by atoms with E-state index in [0.29, 0.717) is 31.0 Å². The molecule has 2 aliphatic carbocycles. The van der Waals surface area contributed by atoms with E-state index in [-0.39, 0.29) is 18.0 Å². The zero-order valence-corrected chi connectivity index (χ0v) is 9.34. The molecule has 0 N–H and O–H groups in total. The topological polar surface area (TPSA) is 35.5 Å². The molecule has 0 bridgehead atoms. The van der Waals surface area contributed by atoms with Crippen LogP contribution >= 0.6 is 0 Å². The molecule has 3 aliphatic rings. The number of hydrogen-bond donors (Lipinski definition) is 0. The van der Waals surface area contributed by atoms with Crippen molar-refractivity contribution in [3.8, 4) is 0 Å². The van der Waals surface area contributed by atoms with Crippen LogP contribution in [0.5, 0.6) is 0 Å². The molecular formula is C13H16O3. The maximum absolute atomic E-state index is 11.7. The summed E-state index contributed by atoms with van der Waals surface area (Å²) >= 11 is 0. The fourth-order valence-corrected chi connectivity index (χ4v) is 3.05. The van der Waals surface area contributed by atoms with Gasteiger partial charge in [0.25, 0.3) is 0 Å². The molecule has 2 fully saturated rings. The second-order valence-electron chi connectivity index (χ2n) is 4.66. The summed E-state index contributed by atoms with van der Waals surface area (Å²) in [6.07, 6.45) is 8.49. The molecule has 1 saturated carbocycles. The first-order valence-electron chi connectivity index (χ1n) is 5.96. The predicted molar refractivity (Wildman–Crippen MR) is 58.6 cm³/mol. The Bertz CT molecular complexity index is 358. The van der Waals surface area contributed by atoms with Crippen LogP contribution in [0.3, 0.4) is 0 Å². The molecule has 1 saturated heterocycles. The van der Waals surface area contributed by atoms with Gasteiger partial charge in [-0.15, -0.1) is 0 Å². The van der Waals surface area contributed by atoms with Crippen molar-refractivity contribution in [1.29, 1.82) is 0 Å². The second-order valence-corrected chi connectivity index (χ2v) is 4.66. The van der Waals surface area contributed by atoms with Crippen molar-refractivity contribution in [2.24, 2.45) is 23.7 Å². The fourth-order valence-electron chi connectivity index (χ4n) is 3.05. The van der Waals surface area contributed by atoms with E-state index in [1.54, 1.807) is 0 Å². The number of ether oxygens (including phenoxy) is 2. The van der Waals surface area contributed by atoms with E-state index in [2.05, 4.69) is 12.2 Å². The Morgan fingerprint density at radius 2 is 2.25 bits per heavy atom. The summed E-state index contributed by atoms with van der Waals surface area (Å²) < 4.78 is 10.8. The molecule has 0 aromatic carbocycles. The van der Waals surface area contributed by atoms with E-state index in [4.69, 9.17) is 9.47 Å². The summed E-state index contributed by atoms with van der Waals surface area (Å²) in [5.74, 6) is 1.24. The number of rotatable bonds is 2. The third kappa shape index (κ3) is 1.42. The highest BCUT2D eigenvalue weighted by Crippen LogP contribution is 2.57. The number of allylic oxidation sites excluding steroid dienone is 2. The van der Waals surface area contributed by atoms with Crippen LogP contribution in [-0.2, 0) is 14.3 Å². The lowest BCUT2D eigenvalue weighted by Gasteiger charge is -2.28. The van der Waals surface area contributed by atoms with Gasteiger partial charge in [-0.05, 0) is 12.8 Å². The van der Waals surface area contributed by atoms with Gasteiger partial charge >= 0.3 is 5.97 Å². The predicted octanol–water partition coefficient (Wildman–Crippen LogP) is 1.55. The van der Waals surface area contributed by atoms with Gasteiger partial charge in [-0.25, -0.2) is 0 Å². The van der Waals surface area contributed by atoms with Crippen LogP contribution in [0.15, 0.2) is 24.3 Å². The molecule has 3 heteroatoms. The zero-order chi connectivity index (χ0) is 11.1. The van der Waals surface area contributed by atoms with E-state index >= 15 is 0 Å². The van der Waals surface area contributed by atoms with Crippen LogP contribution in [0, 0.1) is 23.7 Å². The van der Waals surface area contributed by atoms with E-state index in [1.807, 2.05) is 19.1 Å². The Morgan fingerprint density at radius 1 is 1.44 bits per heavy atom. The average Bonchev–Trinajstić information content (AvgIpc) is 3.04. The van der Waals surface area contributed by atoms with Gasteiger partial charge < -0.3 is 9.47 Å². The van der Waals surface area contributed by atoms with Crippen molar-refractivity contribution in [3.05, 3.63) is 24.3 Å². The van der Waals surface area contributed by atoms with E-state index in [9.17, 15) is 4.79 Å². The first-order valence-corrected chi connectivity index (χ1v) is 5.96. The number of carbonyl (C=O) groups excluding carboxylic acids is 1. The lowest BCUT2D eigenvalue weighted by Crippen LogP contribution is -2.29. The van der Waals surface area contributed by atoms with Crippen molar-refractivity contribution in [3.63, 3.8) is 0 Å². The van der Waals surface area contributed by atoms with Crippen LogP contribution in [0.4, 0.5) is 0 Å². The maximum atomic E-state index is 11.7. The zero-order valence-electron chi connectivity index (χ0n) is 9.34. The van der Waals surface area contributed by atoms with Crippen LogP contribution in [0.2, 0.25) is 0 Å². The molecular weight excluding hydrogens is 204 g/mol. The van der Waals surface area contributed by atoms with Crippen LogP contribution in [-0.4, -0.2) is 25.3 Å². The molecule has 5 atom stereocenters. The molecule has 5 unspecified atom stereocenters. The van der Waals surface area contributed by atoms with Crippen LogP contribution in [0.25, 0.3) is 0 Å². The molecule has 16 heavy (non-hydrogen) atoms. The summed E-state index contributed by atoms with van der Waals surface area (Å²) in [5, 5.41) is 0. The molecule has 0 spiro atoms. The van der Waals surface area contributed by atoms with Gasteiger partial charge in [-0.1, -0.05) is 24.3 Å². The summed E-state index contributed by atoms with van der Waals surface area (Å²) in [5.41, 5.74) is 0. The van der Waals surface area contributed by atoms with E-state index in [1.165, 1.54) is 0 Å². The highest BCUT2D eigenvalue weighted by molar-refractivity contribution is 5.77. The van der Waals surface area contributed by atoms with Crippen molar-refractivity contribution < 1.29 is 14.3 Å². The van der Waals surface area contributed by atoms with E-state index < -0.39 is 0 Å². The van der Waals surface area contributed by atoms with Crippen molar-refractivity contribution >= 4 is 5.97 Å². The SMILES string of the molecule is CCOC(=O)C1C2COC3C=CC=CC3C21. The fraction of sp³-hybridized carbons (Fsp3) is 0.615. The van der Waals surface area contributed by atoms with Gasteiger partial charge in [0.15, 0.2) is 0 Å². The summed E-state index contributed by atoms with van der Waals surface area (Å²) in [7, 11) is 0. The molecule has 0 aromatic heterocycles. The Kier molecular flexibility index (Phi) is 2.36. The van der Waals surface area contributed by atoms with Gasteiger partial charge in [-0.2, -0.15) is 0 Å². The lowest BCUT2D eigenvalue weighted by atomic mass is 9.89. The molecule has 0 aromatic rings. The summed E-state index contributed by atoms with van der Waals surface area (Å²) in [6, 6.07) is 0. The molecule has 0 radical (unpaired) electrons. The lowest BCUT2D eigenvalue weighted by molar-refractivity contribution is -0.145. The first kappa shape index (κ1) is 10.1. The molecule has 1 aliphatic heterocycles. The summed E-state index contributed by atoms with van der Waals surface area (Å²) in [4.78, 5) is 11.7. The molecule has 86 valence electrons. The van der Waals surface area contributed by atoms with Crippen LogP contribution < -0.4 is 0 Å². The highest BCUT2D eigenvalue weighted by Gasteiger charge is 2.62. The third-order valence-corrected chi connectivity index (χ3v) is 3.84. The van der Waals surface area contributed by atoms with Crippen molar-refractivity contribution in [2.75, 3.05) is 13.2 Å². The third-order valence-electron chi connectivity index (χ3n) is 3.84. The van der Waals surface area contributed by atoms with Gasteiger partial charge in [0.1, 0.15) is 0 Å². The van der Waals surface area contributed by atoms with Crippen molar-refractivity contribution in [1.82, 2.24) is 0 Å². The Hall–Kier alpha value is -1.09. The molecule has 0 amide bonds. The Morgan fingerprint density at radius 3 is 3.06 bits per heavy atom. The Labute approximate surface area is 95.1 Å². The molecule has 3 rings (SSSR count). The Balaban J connectivity index is 1.73. The minimum absolute atomic E-state index is 0.0373. The van der Waals surface area contributed by atoms with Gasteiger partial charge in [0, 0.05) is 11.8 Å². The van der Waals surface area contributed by atoms with E-state index in [0.717, 1.165) is 0 Å². The number of fused-ring (bicyclic) bond motifs is 3. The van der Waals surface area contributed by atoms with Crippen LogP contribution in [0.1, 0.15) is 6.92 Å². The van der Waals surface area contributed by atoms with Gasteiger partial charge in [0.2, 0.25) is 0 Å². The molecule has 3 nitrogen and oxygen atoms in total. The first-order chi connectivity index (χ1) is 7.83. The van der Waals surface area contributed by atoms with Gasteiger partial charge in [0.05, 0.1) is 25.2 Å². The van der Waals surface area contributed by atoms with Gasteiger partial charge in [-0.3, -0.25) is 4.79 Å². The second kappa shape index (κ2) is 3.74. The quantitative estimate of drug-likeness (QED) is 0.662. The minimum atomic E-state index is -0.0373. The normalized spacial score (nSPS) is 43.4. The largest absolute Gasteiger partial charge is 0.466 e. The molecule has 1 heterocycles. The minimum Gasteiger partial charge on any atom is -0.466 e. The maximum Gasteiger partial charge on any atom is 0.309 e. The number of esters is 1. The average molecular weight is 220 g/mol. The number of hydrogen-bond acceptors (Lipinski definition) is 3. The summed E-state index contributed by atoms with van der Waals surface area (Å²) in [6.45, 7) is 3.03. The monoisotopic (exact) mass is 220 g/mol. The standard InChI is InChI=1S/C13H16O3/c1-2-15-13(14)12-9-7-16-10-6-4-3-5-8(10)11(9)12/h3-6,8-12H,2,7H2,1H3.